The Morgan fingerprint density at radius 1 is 0.652 bits per heavy atom. The maximum atomic E-state index is 6.56. The van der Waals surface area contributed by atoms with Gasteiger partial charge in [-0.25, -0.2) is 0 Å². The summed E-state index contributed by atoms with van der Waals surface area (Å²) < 4.78 is 7.60. The second-order valence-corrected chi connectivity index (χ2v) is 6.41. The zero-order valence-corrected chi connectivity index (χ0v) is 14.0. The molecule has 0 radical (unpaired) electrons. The zero-order chi connectivity index (χ0) is 15.7. The maximum absolute atomic E-state index is 6.56. The van der Waals surface area contributed by atoms with Gasteiger partial charge in [0.2, 0.25) is 0 Å². The summed E-state index contributed by atoms with van der Waals surface area (Å²) in [6.45, 7) is 0. The lowest BCUT2D eigenvalue weighted by Gasteiger charge is -2.37. The van der Waals surface area contributed by atoms with Crippen LogP contribution in [0.25, 0.3) is 4.48 Å². The van der Waals surface area contributed by atoms with Gasteiger partial charge in [0.05, 0.1) is 0 Å². The minimum atomic E-state index is -0.629. The van der Waals surface area contributed by atoms with Gasteiger partial charge in [-0.3, -0.25) is 0 Å². The highest BCUT2D eigenvalue weighted by Crippen LogP contribution is 2.46. The normalized spacial score (nSPS) is 15.3. The summed E-state index contributed by atoms with van der Waals surface area (Å²) in [6.07, 6.45) is 2.15. The van der Waals surface area contributed by atoms with Crippen molar-refractivity contribution in [2.24, 2.45) is 0 Å². The fraction of sp³-hybridized carbons (Fsp3) is 0.0476. The van der Waals surface area contributed by atoms with E-state index in [0.29, 0.717) is 0 Å². The van der Waals surface area contributed by atoms with Crippen LogP contribution in [0.1, 0.15) is 16.7 Å². The molecule has 3 aromatic carbocycles. The van der Waals surface area contributed by atoms with Crippen LogP contribution < -0.4 is 4.74 Å². The average Bonchev–Trinajstić information content (AvgIpc) is 2.63. The molecule has 0 unspecified atom stereocenters. The van der Waals surface area contributed by atoms with Crippen molar-refractivity contribution in [1.29, 1.82) is 0 Å². The van der Waals surface area contributed by atoms with E-state index in [1.807, 2.05) is 54.6 Å². The van der Waals surface area contributed by atoms with Crippen molar-refractivity contribution in [3.63, 3.8) is 0 Å². The van der Waals surface area contributed by atoms with Crippen LogP contribution in [0.5, 0.6) is 5.75 Å². The third-order valence-electron chi connectivity index (χ3n) is 4.15. The Hall–Kier alpha value is -2.32. The van der Waals surface area contributed by atoms with Gasteiger partial charge in [0, 0.05) is 21.2 Å². The van der Waals surface area contributed by atoms with E-state index in [1.165, 1.54) is 0 Å². The Labute approximate surface area is 144 Å². The van der Waals surface area contributed by atoms with E-state index in [4.69, 9.17) is 4.74 Å². The summed E-state index contributed by atoms with van der Waals surface area (Å²) in [5.41, 5.74) is 2.67. The number of hydrogen-bond acceptors (Lipinski definition) is 1. The Bertz CT molecular complexity index is 814. The lowest BCUT2D eigenvalue weighted by atomic mass is 9.83. The van der Waals surface area contributed by atoms with Gasteiger partial charge < -0.3 is 4.74 Å². The van der Waals surface area contributed by atoms with Crippen molar-refractivity contribution in [3.05, 3.63) is 108 Å². The Balaban J connectivity index is 1.98. The summed E-state index contributed by atoms with van der Waals surface area (Å²) in [7, 11) is 0. The zero-order valence-electron chi connectivity index (χ0n) is 12.4. The molecular weight excluding hydrogens is 348 g/mol. The molecule has 0 bridgehead atoms. The highest BCUT2D eigenvalue weighted by molar-refractivity contribution is 9.15. The van der Waals surface area contributed by atoms with Crippen molar-refractivity contribution in [2.75, 3.05) is 0 Å². The van der Waals surface area contributed by atoms with E-state index < -0.39 is 5.60 Å². The molecule has 0 spiro atoms. The lowest BCUT2D eigenvalue weighted by molar-refractivity contribution is 0.161. The molecule has 112 valence electrons. The number of rotatable bonds is 2. The molecule has 0 fully saturated rings. The first-order valence-electron chi connectivity index (χ1n) is 7.57. The molecule has 0 atom stereocenters. The van der Waals surface area contributed by atoms with E-state index in [2.05, 4.69) is 52.3 Å². The summed E-state index contributed by atoms with van der Waals surface area (Å²) in [6, 6.07) is 28.8. The molecular formula is C21H15BrO. The van der Waals surface area contributed by atoms with Gasteiger partial charge in [0.15, 0.2) is 5.60 Å². The van der Waals surface area contributed by atoms with Crippen LogP contribution in [0.3, 0.4) is 0 Å². The van der Waals surface area contributed by atoms with Crippen LogP contribution in [-0.2, 0) is 5.60 Å². The van der Waals surface area contributed by atoms with Crippen molar-refractivity contribution in [1.82, 2.24) is 0 Å². The predicted octanol–water partition coefficient (Wildman–Crippen LogP) is 5.76. The SMILES string of the molecule is BrC1=CC(c2ccccc2)(c2ccccc2)Oc2ccccc21. The molecule has 0 saturated carbocycles. The van der Waals surface area contributed by atoms with Crippen LogP contribution in [0.4, 0.5) is 0 Å². The van der Waals surface area contributed by atoms with E-state index in [1.54, 1.807) is 0 Å². The van der Waals surface area contributed by atoms with E-state index in [-0.39, 0.29) is 0 Å². The van der Waals surface area contributed by atoms with Crippen molar-refractivity contribution in [3.8, 4) is 5.75 Å². The number of benzene rings is 3. The number of ether oxygens (including phenoxy) is 1. The molecule has 23 heavy (non-hydrogen) atoms. The first-order chi connectivity index (χ1) is 11.3. The standard InChI is InChI=1S/C21H15BrO/c22-19-15-21(16-9-3-1-4-10-16,17-11-5-2-6-12-17)23-20-14-8-7-13-18(19)20/h1-15H. The van der Waals surface area contributed by atoms with Gasteiger partial charge in [-0.15, -0.1) is 0 Å². The molecule has 1 nitrogen and oxygen atoms in total. The molecule has 4 rings (SSSR count). The smallest absolute Gasteiger partial charge is 0.179 e. The van der Waals surface area contributed by atoms with Crippen LogP contribution in [0, 0.1) is 0 Å². The highest BCUT2D eigenvalue weighted by Gasteiger charge is 2.38. The Morgan fingerprint density at radius 2 is 1.17 bits per heavy atom. The molecule has 0 saturated heterocycles. The number of fused-ring (bicyclic) bond motifs is 1. The third-order valence-corrected chi connectivity index (χ3v) is 4.81. The third kappa shape index (κ3) is 2.40. The van der Waals surface area contributed by atoms with Crippen LogP contribution in [0.15, 0.2) is 91.0 Å². The fourth-order valence-electron chi connectivity index (χ4n) is 3.03. The minimum Gasteiger partial charge on any atom is -0.473 e. The van der Waals surface area contributed by atoms with Gasteiger partial charge in [-0.1, -0.05) is 94.8 Å². The van der Waals surface area contributed by atoms with Gasteiger partial charge >= 0.3 is 0 Å². The predicted molar refractivity (Wildman–Crippen MR) is 97.6 cm³/mol. The molecule has 0 aromatic heterocycles. The second kappa shape index (κ2) is 5.71. The van der Waals surface area contributed by atoms with Crippen molar-refractivity contribution >= 4 is 20.4 Å². The topological polar surface area (TPSA) is 9.23 Å². The molecule has 1 aliphatic rings. The monoisotopic (exact) mass is 362 g/mol. The summed E-state index contributed by atoms with van der Waals surface area (Å²) in [4.78, 5) is 0. The van der Waals surface area contributed by atoms with Crippen LogP contribution >= 0.6 is 15.9 Å². The minimum absolute atomic E-state index is 0.629. The average molecular weight is 363 g/mol. The molecule has 0 aliphatic carbocycles. The molecule has 3 aromatic rings. The molecule has 1 aliphatic heterocycles. The summed E-state index contributed by atoms with van der Waals surface area (Å²) >= 11 is 3.74. The quantitative estimate of drug-likeness (QED) is 0.563. The van der Waals surface area contributed by atoms with E-state index in [0.717, 1.165) is 26.9 Å². The second-order valence-electron chi connectivity index (χ2n) is 5.56. The fourth-order valence-corrected chi connectivity index (χ4v) is 3.68. The van der Waals surface area contributed by atoms with Crippen LogP contribution in [-0.4, -0.2) is 0 Å². The molecule has 0 N–H and O–H groups in total. The molecule has 2 heteroatoms. The number of para-hydroxylation sites is 1. The van der Waals surface area contributed by atoms with E-state index >= 15 is 0 Å². The maximum Gasteiger partial charge on any atom is 0.179 e. The van der Waals surface area contributed by atoms with Gasteiger partial charge in [-0.05, 0) is 12.1 Å². The largest absolute Gasteiger partial charge is 0.473 e. The van der Waals surface area contributed by atoms with Crippen LogP contribution in [0.2, 0.25) is 0 Å². The lowest BCUT2D eigenvalue weighted by Crippen LogP contribution is -2.34. The van der Waals surface area contributed by atoms with Gasteiger partial charge in [0.25, 0.3) is 0 Å². The van der Waals surface area contributed by atoms with Gasteiger partial charge in [-0.2, -0.15) is 0 Å². The number of halogens is 1. The van der Waals surface area contributed by atoms with E-state index in [9.17, 15) is 0 Å². The first kappa shape index (κ1) is 14.3. The molecule has 0 amide bonds. The number of hydrogen-bond donors (Lipinski definition) is 0. The Kier molecular flexibility index (Phi) is 3.55. The van der Waals surface area contributed by atoms with Crippen molar-refractivity contribution < 1.29 is 4.74 Å². The van der Waals surface area contributed by atoms with Gasteiger partial charge in [0.1, 0.15) is 5.75 Å². The summed E-state index contributed by atoms with van der Waals surface area (Å²) in [5, 5.41) is 0. The van der Waals surface area contributed by atoms with Crippen molar-refractivity contribution in [2.45, 2.75) is 5.60 Å². The first-order valence-corrected chi connectivity index (χ1v) is 8.37. The summed E-state index contributed by atoms with van der Waals surface area (Å²) in [5.74, 6) is 0.884. The molecule has 1 heterocycles. The highest BCUT2D eigenvalue weighted by atomic mass is 79.9. The Morgan fingerprint density at radius 3 is 1.78 bits per heavy atom.